The molecular weight excluding hydrogens is 210 g/mol. The molecule has 6 heteroatoms. The molecule has 0 saturated heterocycles. The Kier molecular flexibility index (Phi) is 2.65. The van der Waals surface area contributed by atoms with Crippen LogP contribution in [0.2, 0.25) is 0 Å². The molecular formula is C9H7N5S. The molecule has 74 valence electrons. The van der Waals surface area contributed by atoms with Crippen LogP contribution in [-0.4, -0.2) is 20.2 Å². The molecule has 0 aliphatic rings. The van der Waals surface area contributed by atoms with E-state index in [0.717, 1.165) is 10.1 Å². The summed E-state index contributed by atoms with van der Waals surface area (Å²) in [6.45, 7) is 0. The zero-order valence-corrected chi connectivity index (χ0v) is 8.77. The Morgan fingerprint density at radius 1 is 1.33 bits per heavy atom. The van der Waals surface area contributed by atoms with Crippen LogP contribution in [0.4, 0.5) is 0 Å². The van der Waals surface area contributed by atoms with Gasteiger partial charge in [-0.05, 0) is 46.5 Å². The van der Waals surface area contributed by atoms with Crippen LogP contribution in [-0.2, 0) is 7.05 Å². The van der Waals surface area contributed by atoms with Crippen LogP contribution in [0.1, 0.15) is 5.56 Å². The number of benzene rings is 1. The minimum absolute atomic E-state index is 0.649. The minimum atomic E-state index is 0.649. The molecule has 0 unspecified atom stereocenters. The molecule has 0 spiro atoms. The minimum Gasteiger partial charge on any atom is -0.223 e. The average molecular weight is 217 g/mol. The number of nitrogens with zero attached hydrogens (tertiary/aromatic N) is 5. The van der Waals surface area contributed by atoms with Crippen LogP contribution >= 0.6 is 11.8 Å². The number of aryl methyl sites for hydroxylation is 1. The first kappa shape index (κ1) is 9.68. The van der Waals surface area contributed by atoms with Gasteiger partial charge >= 0.3 is 0 Å². The van der Waals surface area contributed by atoms with Crippen LogP contribution < -0.4 is 0 Å². The highest BCUT2D eigenvalue weighted by molar-refractivity contribution is 7.99. The molecule has 0 radical (unpaired) electrons. The van der Waals surface area contributed by atoms with Crippen molar-refractivity contribution in [3.05, 3.63) is 29.8 Å². The third-order valence-corrected chi connectivity index (χ3v) is 2.81. The summed E-state index contributed by atoms with van der Waals surface area (Å²) in [5, 5.41) is 20.5. The number of rotatable bonds is 2. The van der Waals surface area contributed by atoms with Gasteiger partial charge < -0.3 is 0 Å². The predicted octanol–water partition coefficient (Wildman–Crippen LogP) is 1.23. The van der Waals surface area contributed by atoms with Crippen molar-refractivity contribution >= 4 is 11.8 Å². The average Bonchev–Trinajstić information content (AvgIpc) is 2.66. The molecule has 0 saturated carbocycles. The fraction of sp³-hybridized carbons (Fsp3) is 0.111. The highest BCUT2D eigenvalue weighted by atomic mass is 32.2. The predicted molar refractivity (Wildman–Crippen MR) is 54.1 cm³/mol. The van der Waals surface area contributed by atoms with E-state index in [2.05, 4.69) is 21.6 Å². The van der Waals surface area contributed by atoms with Crippen LogP contribution in [0.25, 0.3) is 0 Å². The summed E-state index contributed by atoms with van der Waals surface area (Å²) >= 11 is 1.46. The maximum absolute atomic E-state index is 8.64. The molecule has 0 bridgehead atoms. The van der Waals surface area contributed by atoms with Crippen molar-refractivity contribution in [3.8, 4) is 6.07 Å². The molecule has 0 aliphatic carbocycles. The molecule has 5 nitrogen and oxygen atoms in total. The Morgan fingerprint density at radius 2 is 2.07 bits per heavy atom. The van der Waals surface area contributed by atoms with Gasteiger partial charge in [-0.3, -0.25) is 0 Å². The summed E-state index contributed by atoms with van der Waals surface area (Å²) in [5.74, 6) is 0. The molecule has 0 N–H and O–H groups in total. The Morgan fingerprint density at radius 3 is 2.60 bits per heavy atom. The lowest BCUT2D eigenvalue weighted by Gasteiger charge is -1.98. The second-order valence-electron chi connectivity index (χ2n) is 2.82. The van der Waals surface area contributed by atoms with E-state index in [1.807, 2.05) is 12.1 Å². The van der Waals surface area contributed by atoms with Gasteiger partial charge in [-0.1, -0.05) is 0 Å². The lowest BCUT2D eigenvalue weighted by atomic mass is 10.2. The van der Waals surface area contributed by atoms with Gasteiger partial charge in [-0.25, -0.2) is 4.68 Å². The van der Waals surface area contributed by atoms with E-state index >= 15 is 0 Å². The summed E-state index contributed by atoms with van der Waals surface area (Å²) in [7, 11) is 1.78. The molecule has 1 aromatic heterocycles. The Hall–Kier alpha value is -1.87. The van der Waals surface area contributed by atoms with Crippen molar-refractivity contribution in [1.29, 1.82) is 5.26 Å². The zero-order chi connectivity index (χ0) is 10.7. The van der Waals surface area contributed by atoms with Gasteiger partial charge in [0.25, 0.3) is 0 Å². The second kappa shape index (κ2) is 4.11. The van der Waals surface area contributed by atoms with E-state index in [1.165, 1.54) is 11.8 Å². The van der Waals surface area contributed by atoms with Crippen molar-refractivity contribution in [2.45, 2.75) is 10.1 Å². The highest BCUT2D eigenvalue weighted by Gasteiger charge is 2.04. The third-order valence-electron chi connectivity index (χ3n) is 1.77. The zero-order valence-electron chi connectivity index (χ0n) is 7.95. The summed E-state index contributed by atoms with van der Waals surface area (Å²) in [5.41, 5.74) is 0.649. The Balaban J connectivity index is 2.19. The van der Waals surface area contributed by atoms with E-state index in [4.69, 9.17) is 5.26 Å². The van der Waals surface area contributed by atoms with Crippen molar-refractivity contribution in [1.82, 2.24) is 20.2 Å². The van der Waals surface area contributed by atoms with Gasteiger partial charge in [0.15, 0.2) is 0 Å². The lowest BCUT2D eigenvalue weighted by Crippen LogP contribution is -1.92. The van der Waals surface area contributed by atoms with Gasteiger partial charge in [-0.15, -0.1) is 5.10 Å². The number of hydrogen-bond acceptors (Lipinski definition) is 5. The maximum Gasteiger partial charge on any atom is 0.213 e. The maximum atomic E-state index is 8.64. The standard InChI is InChI=1S/C9H7N5S/c1-14-9(11-12-13-14)15-8-4-2-7(6-10)3-5-8/h2-5H,1H3. The Bertz CT molecular complexity index is 496. The van der Waals surface area contributed by atoms with Crippen LogP contribution in [0.5, 0.6) is 0 Å². The highest BCUT2D eigenvalue weighted by Crippen LogP contribution is 2.24. The van der Waals surface area contributed by atoms with Gasteiger partial charge in [0.1, 0.15) is 0 Å². The van der Waals surface area contributed by atoms with Gasteiger partial charge in [0, 0.05) is 11.9 Å². The SMILES string of the molecule is Cn1nnnc1Sc1ccc(C#N)cc1. The van der Waals surface area contributed by atoms with Gasteiger partial charge in [0.05, 0.1) is 11.6 Å². The molecule has 0 amide bonds. The number of hydrogen-bond donors (Lipinski definition) is 0. The first-order chi connectivity index (χ1) is 7.29. The molecule has 2 rings (SSSR count). The Labute approximate surface area is 90.7 Å². The normalized spacial score (nSPS) is 9.87. The summed E-state index contributed by atoms with van der Waals surface area (Å²) in [6.07, 6.45) is 0. The summed E-state index contributed by atoms with van der Waals surface area (Å²) in [6, 6.07) is 9.36. The molecule has 1 aromatic carbocycles. The quantitative estimate of drug-likeness (QED) is 0.756. The van der Waals surface area contributed by atoms with Crippen molar-refractivity contribution in [2.24, 2.45) is 7.05 Å². The molecule has 0 aliphatic heterocycles. The van der Waals surface area contributed by atoms with Gasteiger partial charge in [-0.2, -0.15) is 5.26 Å². The largest absolute Gasteiger partial charge is 0.223 e. The smallest absolute Gasteiger partial charge is 0.213 e. The first-order valence-corrected chi connectivity index (χ1v) is 5.01. The number of aromatic nitrogens is 4. The van der Waals surface area contributed by atoms with Crippen molar-refractivity contribution < 1.29 is 0 Å². The molecule has 15 heavy (non-hydrogen) atoms. The van der Waals surface area contributed by atoms with E-state index in [-0.39, 0.29) is 0 Å². The van der Waals surface area contributed by atoms with E-state index in [0.29, 0.717) is 5.56 Å². The second-order valence-corrected chi connectivity index (χ2v) is 3.86. The van der Waals surface area contributed by atoms with Crippen LogP contribution in [0.3, 0.4) is 0 Å². The third kappa shape index (κ3) is 2.14. The molecule has 1 heterocycles. The first-order valence-electron chi connectivity index (χ1n) is 4.20. The van der Waals surface area contributed by atoms with Crippen LogP contribution in [0.15, 0.2) is 34.3 Å². The topological polar surface area (TPSA) is 67.4 Å². The van der Waals surface area contributed by atoms with Crippen molar-refractivity contribution in [3.63, 3.8) is 0 Å². The van der Waals surface area contributed by atoms with E-state index < -0.39 is 0 Å². The fourth-order valence-electron chi connectivity index (χ4n) is 1.01. The molecule has 0 atom stereocenters. The lowest BCUT2D eigenvalue weighted by molar-refractivity contribution is 0.664. The van der Waals surface area contributed by atoms with E-state index in [9.17, 15) is 0 Å². The van der Waals surface area contributed by atoms with Gasteiger partial charge in [0.2, 0.25) is 5.16 Å². The monoisotopic (exact) mass is 217 g/mol. The van der Waals surface area contributed by atoms with Crippen molar-refractivity contribution in [2.75, 3.05) is 0 Å². The number of tetrazole rings is 1. The summed E-state index contributed by atoms with van der Waals surface area (Å²) < 4.78 is 1.60. The molecule has 0 fully saturated rings. The van der Waals surface area contributed by atoms with Crippen LogP contribution in [0, 0.1) is 11.3 Å². The molecule has 2 aromatic rings. The summed E-state index contributed by atoms with van der Waals surface area (Å²) in [4.78, 5) is 1.01. The fourth-order valence-corrected chi connectivity index (χ4v) is 1.74. The number of nitriles is 1. The van der Waals surface area contributed by atoms with E-state index in [1.54, 1.807) is 23.9 Å².